The fourth-order valence-corrected chi connectivity index (χ4v) is 2.22. The highest BCUT2D eigenvalue weighted by molar-refractivity contribution is 5.61. The first-order valence-electron chi connectivity index (χ1n) is 6.72. The minimum atomic E-state index is -0.490. The molecular weight excluding hydrogens is 301 g/mol. The van der Waals surface area contributed by atoms with Crippen molar-refractivity contribution in [2.75, 3.05) is 7.11 Å². The van der Waals surface area contributed by atoms with Gasteiger partial charge in [0.1, 0.15) is 6.33 Å². The van der Waals surface area contributed by atoms with Gasteiger partial charge >= 0.3 is 0 Å². The molecule has 0 spiro atoms. The zero-order valence-corrected chi connectivity index (χ0v) is 12.0. The third kappa shape index (κ3) is 2.30. The summed E-state index contributed by atoms with van der Waals surface area (Å²) in [6.07, 6.45) is 3.37. The van der Waals surface area contributed by atoms with Gasteiger partial charge in [0.15, 0.2) is 17.2 Å². The maximum Gasteiger partial charge on any atom is 0.258 e. The van der Waals surface area contributed by atoms with Crippen LogP contribution in [0.3, 0.4) is 0 Å². The number of benzene rings is 1. The molecule has 23 heavy (non-hydrogen) atoms. The average molecular weight is 311 g/mol. The van der Waals surface area contributed by atoms with Gasteiger partial charge in [-0.25, -0.2) is 4.39 Å². The summed E-state index contributed by atoms with van der Waals surface area (Å²) in [5.74, 6) is 0.291. The molecule has 4 aromatic rings. The van der Waals surface area contributed by atoms with Crippen molar-refractivity contribution < 1.29 is 13.7 Å². The Balaban J connectivity index is 1.72. The molecule has 3 heterocycles. The van der Waals surface area contributed by atoms with Crippen LogP contribution in [0.15, 0.2) is 47.4 Å². The summed E-state index contributed by atoms with van der Waals surface area (Å²) in [6, 6.07) is 8.07. The van der Waals surface area contributed by atoms with Crippen LogP contribution in [0.1, 0.15) is 0 Å². The molecule has 0 fully saturated rings. The highest BCUT2D eigenvalue weighted by Crippen LogP contribution is 2.26. The van der Waals surface area contributed by atoms with Crippen LogP contribution < -0.4 is 4.74 Å². The summed E-state index contributed by atoms with van der Waals surface area (Å²) in [7, 11) is 1.41. The van der Waals surface area contributed by atoms with Crippen LogP contribution in [0.5, 0.6) is 5.75 Å². The van der Waals surface area contributed by atoms with Crippen LogP contribution in [0.2, 0.25) is 0 Å². The molecule has 0 aliphatic rings. The molecule has 114 valence electrons. The fourth-order valence-electron chi connectivity index (χ4n) is 2.22. The van der Waals surface area contributed by atoms with Crippen LogP contribution >= 0.6 is 0 Å². The van der Waals surface area contributed by atoms with Gasteiger partial charge in [0.05, 0.1) is 7.11 Å². The van der Waals surface area contributed by atoms with Gasteiger partial charge in [0.2, 0.25) is 5.82 Å². The van der Waals surface area contributed by atoms with Crippen molar-refractivity contribution in [2.45, 2.75) is 0 Å². The highest BCUT2D eigenvalue weighted by Gasteiger charge is 2.13. The summed E-state index contributed by atoms with van der Waals surface area (Å²) in [5, 5.41) is 11.7. The van der Waals surface area contributed by atoms with Crippen molar-refractivity contribution in [1.29, 1.82) is 0 Å². The van der Waals surface area contributed by atoms with Gasteiger partial charge in [0.25, 0.3) is 5.89 Å². The molecule has 0 amide bonds. The zero-order valence-electron chi connectivity index (χ0n) is 12.0. The molecule has 0 bridgehead atoms. The van der Waals surface area contributed by atoms with Crippen LogP contribution in [0, 0.1) is 5.82 Å². The van der Waals surface area contributed by atoms with E-state index in [1.54, 1.807) is 29.1 Å². The molecule has 4 rings (SSSR count). The van der Waals surface area contributed by atoms with Gasteiger partial charge < -0.3 is 9.26 Å². The topological polar surface area (TPSA) is 78.3 Å². The maximum absolute atomic E-state index is 13.8. The normalized spacial score (nSPS) is 11.0. The number of aromatic nitrogens is 5. The number of rotatable bonds is 3. The first-order chi connectivity index (χ1) is 11.2. The second kappa shape index (κ2) is 5.16. The Morgan fingerprint density at radius 2 is 2.04 bits per heavy atom. The van der Waals surface area contributed by atoms with E-state index in [0.29, 0.717) is 11.4 Å². The largest absolute Gasteiger partial charge is 0.494 e. The Bertz CT molecular complexity index is 994. The molecule has 0 N–H and O–H groups in total. The summed E-state index contributed by atoms with van der Waals surface area (Å²) < 4.78 is 25.6. The molecule has 0 aliphatic heterocycles. The first kappa shape index (κ1) is 13.4. The lowest BCUT2D eigenvalue weighted by Gasteiger charge is -2.01. The lowest BCUT2D eigenvalue weighted by Crippen LogP contribution is -1.89. The third-order valence-corrected chi connectivity index (χ3v) is 3.37. The lowest BCUT2D eigenvalue weighted by molar-refractivity contribution is 0.386. The van der Waals surface area contributed by atoms with Crippen LogP contribution in [-0.2, 0) is 0 Å². The Kier molecular flexibility index (Phi) is 3.00. The summed E-state index contributed by atoms with van der Waals surface area (Å²) in [4.78, 5) is 4.30. The SMILES string of the molecule is COc1ccc(-c2nc(-c3ccc4nncn4c3)no2)cc1F. The molecule has 3 aromatic heterocycles. The van der Waals surface area contributed by atoms with Gasteiger partial charge in [0, 0.05) is 17.3 Å². The number of ether oxygens (including phenoxy) is 1. The van der Waals surface area contributed by atoms with Gasteiger partial charge in [-0.2, -0.15) is 4.98 Å². The van der Waals surface area contributed by atoms with Crippen molar-refractivity contribution >= 4 is 5.65 Å². The molecule has 0 saturated carbocycles. The monoisotopic (exact) mass is 311 g/mol. The fraction of sp³-hybridized carbons (Fsp3) is 0.0667. The predicted octanol–water partition coefficient (Wildman–Crippen LogP) is 2.59. The molecule has 0 atom stereocenters. The summed E-state index contributed by atoms with van der Waals surface area (Å²) >= 11 is 0. The van der Waals surface area contributed by atoms with E-state index in [1.807, 2.05) is 6.07 Å². The van der Waals surface area contributed by atoms with Gasteiger partial charge in [-0.05, 0) is 30.3 Å². The van der Waals surface area contributed by atoms with E-state index in [0.717, 1.165) is 11.2 Å². The Hall–Kier alpha value is -3.29. The molecular formula is C15H10FN5O2. The number of nitrogens with zero attached hydrogens (tertiary/aromatic N) is 5. The lowest BCUT2D eigenvalue weighted by atomic mass is 10.2. The Labute approximate surface area is 129 Å². The van der Waals surface area contributed by atoms with Gasteiger partial charge in [-0.15, -0.1) is 10.2 Å². The second-order valence-electron chi connectivity index (χ2n) is 4.79. The third-order valence-electron chi connectivity index (χ3n) is 3.37. The number of pyridine rings is 1. The Morgan fingerprint density at radius 1 is 1.17 bits per heavy atom. The molecule has 0 saturated heterocycles. The second-order valence-corrected chi connectivity index (χ2v) is 4.79. The number of halogens is 1. The standard InChI is InChI=1S/C15H10FN5O2/c1-22-12-4-2-9(6-11(12)16)15-18-14(20-23-15)10-3-5-13-19-17-8-21(13)7-10/h2-8H,1H3. The first-order valence-corrected chi connectivity index (χ1v) is 6.72. The average Bonchev–Trinajstić information content (AvgIpc) is 3.23. The van der Waals surface area contributed by atoms with Crippen molar-refractivity contribution in [3.63, 3.8) is 0 Å². The predicted molar refractivity (Wildman–Crippen MR) is 78.2 cm³/mol. The molecule has 1 aromatic carbocycles. The molecule has 0 unspecified atom stereocenters. The minimum Gasteiger partial charge on any atom is -0.494 e. The van der Waals surface area contributed by atoms with E-state index in [1.165, 1.54) is 19.2 Å². The van der Waals surface area contributed by atoms with Crippen molar-refractivity contribution in [1.82, 2.24) is 24.7 Å². The van der Waals surface area contributed by atoms with Gasteiger partial charge in [-0.1, -0.05) is 5.16 Å². The molecule has 8 heteroatoms. The van der Waals surface area contributed by atoms with Gasteiger partial charge in [-0.3, -0.25) is 4.40 Å². The number of methoxy groups -OCH3 is 1. The van der Waals surface area contributed by atoms with E-state index >= 15 is 0 Å². The number of fused-ring (bicyclic) bond motifs is 1. The van der Waals surface area contributed by atoms with Crippen molar-refractivity contribution in [3.05, 3.63) is 48.7 Å². The van der Waals surface area contributed by atoms with Crippen molar-refractivity contribution in [2.24, 2.45) is 0 Å². The van der Waals surface area contributed by atoms with Crippen LogP contribution in [0.25, 0.3) is 28.5 Å². The van der Waals surface area contributed by atoms with E-state index in [-0.39, 0.29) is 11.6 Å². The number of hydrogen-bond donors (Lipinski definition) is 0. The maximum atomic E-state index is 13.8. The van der Waals surface area contributed by atoms with Crippen molar-refractivity contribution in [3.8, 4) is 28.6 Å². The van der Waals surface area contributed by atoms with Crippen LogP contribution in [-0.4, -0.2) is 31.8 Å². The number of hydrogen-bond acceptors (Lipinski definition) is 6. The van der Waals surface area contributed by atoms with E-state index in [2.05, 4.69) is 20.3 Å². The Morgan fingerprint density at radius 3 is 2.87 bits per heavy atom. The molecule has 0 radical (unpaired) electrons. The summed E-state index contributed by atoms with van der Waals surface area (Å²) in [5.41, 5.74) is 1.93. The van der Waals surface area contributed by atoms with Crippen LogP contribution in [0.4, 0.5) is 4.39 Å². The quantitative estimate of drug-likeness (QED) is 0.578. The van der Waals surface area contributed by atoms with E-state index < -0.39 is 5.82 Å². The van der Waals surface area contributed by atoms with E-state index in [9.17, 15) is 4.39 Å². The molecule has 7 nitrogen and oxygen atoms in total. The molecule has 0 aliphatic carbocycles. The summed E-state index contributed by atoms with van der Waals surface area (Å²) in [6.45, 7) is 0. The zero-order chi connectivity index (χ0) is 15.8. The minimum absolute atomic E-state index is 0.159. The highest BCUT2D eigenvalue weighted by atomic mass is 19.1. The smallest absolute Gasteiger partial charge is 0.258 e. The van der Waals surface area contributed by atoms with E-state index in [4.69, 9.17) is 9.26 Å².